The first kappa shape index (κ1) is 12.2. The van der Waals surface area contributed by atoms with Crippen molar-refractivity contribution in [1.29, 1.82) is 0 Å². The minimum Gasteiger partial charge on any atom is -0.397 e. The molecule has 0 saturated heterocycles. The molecule has 0 fully saturated rings. The summed E-state index contributed by atoms with van der Waals surface area (Å²) in [7, 11) is 0. The molecule has 0 aliphatic rings. The van der Waals surface area contributed by atoms with Crippen LogP contribution >= 0.6 is 0 Å². The van der Waals surface area contributed by atoms with Crippen LogP contribution in [0.25, 0.3) is 10.8 Å². The van der Waals surface area contributed by atoms with Gasteiger partial charge < -0.3 is 11.1 Å². The van der Waals surface area contributed by atoms with Gasteiger partial charge in [0.05, 0.1) is 11.3 Å². The zero-order chi connectivity index (χ0) is 13.9. The number of nitrogen functional groups attached to an aromatic ring is 1. The number of benzene rings is 2. The van der Waals surface area contributed by atoms with E-state index < -0.39 is 0 Å². The first-order valence-electron chi connectivity index (χ1n) is 6.24. The van der Waals surface area contributed by atoms with Crippen LogP contribution < -0.4 is 11.1 Å². The summed E-state index contributed by atoms with van der Waals surface area (Å²) in [4.78, 5) is 16.1. The fourth-order valence-corrected chi connectivity index (χ4v) is 2.11. The molecular weight excluding hydrogens is 250 g/mol. The standard InChI is InChI=1S/C16H13N3O/c17-13-8-12(9-18-10-13)16(20)19-15-7-3-5-11-4-1-2-6-14(11)15/h1-10H,17H2,(H,19,20). The van der Waals surface area contributed by atoms with Gasteiger partial charge in [0.2, 0.25) is 0 Å². The number of nitrogens with one attached hydrogen (secondary N) is 1. The van der Waals surface area contributed by atoms with Crippen molar-refractivity contribution >= 4 is 28.1 Å². The van der Waals surface area contributed by atoms with Crippen molar-refractivity contribution < 1.29 is 4.79 Å². The highest BCUT2D eigenvalue weighted by atomic mass is 16.1. The van der Waals surface area contributed by atoms with Gasteiger partial charge in [0.1, 0.15) is 0 Å². The molecule has 98 valence electrons. The van der Waals surface area contributed by atoms with Crippen LogP contribution in [0, 0.1) is 0 Å². The Morgan fingerprint density at radius 1 is 1.05 bits per heavy atom. The highest BCUT2D eigenvalue weighted by Gasteiger charge is 2.08. The van der Waals surface area contributed by atoms with E-state index >= 15 is 0 Å². The lowest BCUT2D eigenvalue weighted by atomic mass is 10.1. The van der Waals surface area contributed by atoms with Crippen LogP contribution in [-0.2, 0) is 0 Å². The normalized spacial score (nSPS) is 10.4. The Morgan fingerprint density at radius 3 is 2.70 bits per heavy atom. The predicted octanol–water partition coefficient (Wildman–Crippen LogP) is 3.07. The average Bonchev–Trinajstić information content (AvgIpc) is 2.47. The summed E-state index contributed by atoms with van der Waals surface area (Å²) in [5.41, 5.74) is 7.32. The highest BCUT2D eigenvalue weighted by molar-refractivity contribution is 6.09. The van der Waals surface area contributed by atoms with E-state index in [1.165, 1.54) is 12.4 Å². The Bertz CT molecular complexity index is 778. The van der Waals surface area contributed by atoms with Crippen molar-refractivity contribution in [2.75, 3.05) is 11.1 Å². The molecule has 1 aromatic heterocycles. The minimum absolute atomic E-state index is 0.221. The molecule has 0 spiro atoms. The number of nitrogens with two attached hydrogens (primary N) is 1. The largest absolute Gasteiger partial charge is 0.397 e. The Balaban J connectivity index is 1.95. The molecule has 3 aromatic rings. The molecule has 0 atom stereocenters. The van der Waals surface area contributed by atoms with E-state index in [0.717, 1.165) is 16.5 Å². The third kappa shape index (κ3) is 2.31. The molecule has 0 bridgehead atoms. The first-order chi connectivity index (χ1) is 9.74. The number of nitrogens with zero attached hydrogens (tertiary/aromatic N) is 1. The molecule has 0 saturated carbocycles. The van der Waals surface area contributed by atoms with Crippen LogP contribution in [0.1, 0.15) is 10.4 Å². The van der Waals surface area contributed by atoms with Crippen molar-refractivity contribution in [3.05, 3.63) is 66.5 Å². The van der Waals surface area contributed by atoms with E-state index in [9.17, 15) is 4.79 Å². The summed E-state index contributed by atoms with van der Waals surface area (Å²) < 4.78 is 0. The van der Waals surface area contributed by atoms with Gasteiger partial charge in [0.15, 0.2) is 0 Å². The van der Waals surface area contributed by atoms with Gasteiger partial charge in [-0.05, 0) is 17.5 Å². The van der Waals surface area contributed by atoms with Crippen LogP contribution in [0.2, 0.25) is 0 Å². The van der Waals surface area contributed by atoms with Crippen molar-refractivity contribution in [1.82, 2.24) is 4.98 Å². The molecule has 3 N–H and O–H groups in total. The number of aromatic nitrogens is 1. The molecule has 3 rings (SSSR count). The molecule has 20 heavy (non-hydrogen) atoms. The van der Waals surface area contributed by atoms with E-state index in [1.807, 2.05) is 42.5 Å². The monoisotopic (exact) mass is 263 g/mol. The quantitative estimate of drug-likeness (QED) is 0.746. The summed E-state index contributed by atoms with van der Waals surface area (Å²) in [5.74, 6) is -0.221. The lowest BCUT2D eigenvalue weighted by molar-refractivity contribution is 0.102. The number of carbonyl (C=O) groups excluding carboxylic acids is 1. The summed E-state index contributed by atoms with van der Waals surface area (Å²) >= 11 is 0. The van der Waals surface area contributed by atoms with Gasteiger partial charge >= 0.3 is 0 Å². The smallest absolute Gasteiger partial charge is 0.257 e. The summed E-state index contributed by atoms with van der Waals surface area (Å²) in [6.45, 7) is 0. The number of anilines is 2. The molecular formula is C16H13N3O. The summed E-state index contributed by atoms with van der Waals surface area (Å²) in [5, 5.41) is 4.97. The van der Waals surface area contributed by atoms with Crippen molar-refractivity contribution in [3.8, 4) is 0 Å². The molecule has 4 nitrogen and oxygen atoms in total. The third-order valence-electron chi connectivity index (χ3n) is 3.06. The van der Waals surface area contributed by atoms with Gasteiger partial charge in [-0.3, -0.25) is 9.78 Å². The Hall–Kier alpha value is -2.88. The van der Waals surface area contributed by atoms with Crippen LogP contribution in [-0.4, -0.2) is 10.9 Å². The van der Waals surface area contributed by atoms with E-state index in [2.05, 4.69) is 10.3 Å². The molecule has 1 amide bonds. The second kappa shape index (κ2) is 5.01. The highest BCUT2D eigenvalue weighted by Crippen LogP contribution is 2.23. The van der Waals surface area contributed by atoms with Crippen molar-refractivity contribution in [2.45, 2.75) is 0 Å². The minimum atomic E-state index is -0.221. The molecule has 0 aliphatic heterocycles. The van der Waals surface area contributed by atoms with E-state index in [1.54, 1.807) is 6.07 Å². The second-order valence-electron chi connectivity index (χ2n) is 4.49. The second-order valence-corrected chi connectivity index (χ2v) is 4.49. The van der Waals surface area contributed by atoms with Gasteiger partial charge in [0, 0.05) is 23.5 Å². The number of hydrogen-bond acceptors (Lipinski definition) is 3. The molecule has 2 aromatic carbocycles. The van der Waals surface area contributed by atoms with Gasteiger partial charge in [-0.25, -0.2) is 0 Å². The van der Waals surface area contributed by atoms with Crippen LogP contribution in [0.5, 0.6) is 0 Å². The molecule has 0 aliphatic carbocycles. The lowest BCUT2D eigenvalue weighted by Gasteiger charge is -2.08. The zero-order valence-electron chi connectivity index (χ0n) is 10.7. The van der Waals surface area contributed by atoms with Crippen LogP contribution in [0.4, 0.5) is 11.4 Å². The lowest BCUT2D eigenvalue weighted by Crippen LogP contribution is -2.12. The van der Waals surface area contributed by atoms with Crippen LogP contribution in [0.3, 0.4) is 0 Å². The molecule has 0 radical (unpaired) electrons. The predicted molar refractivity (Wildman–Crippen MR) is 80.6 cm³/mol. The number of carbonyl (C=O) groups is 1. The Labute approximate surface area is 116 Å². The number of hydrogen-bond donors (Lipinski definition) is 2. The first-order valence-corrected chi connectivity index (χ1v) is 6.24. The van der Waals surface area contributed by atoms with Gasteiger partial charge in [-0.1, -0.05) is 36.4 Å². The van der Waals surface area contributed by atoms with E-state index in [0.29, 0.717) is 11.3 Å². The van der Waals surface area contributed by atoms with Gasteiger partial charge in [0.25, 0.3) is 5.91 Å². The maximum atomic E-state index is 12.2. The fraction of sp³-hybridized carbons (Fsp3) is 0. The van der Waals surface area contributed by atoms with Crippen molar-refractivity contribution in [3.63, 3.8) is 0 Å². The third-order valence-corrected chi connectivity index (χ3v) is 3.06. The topological polar surface area (TPSA) is 68.0 Å². The molecule has 0 unspecified atom stereocenters. The van der Waals surface area contributed by atoms with Gasteiger partial charge in [-0.2, -0.15) is 0 Å². The van der Waals surface area contributed by atoms with E-state index in [4.69, 9.17) is 5.73 Å². The average molecular weight is 263 g/mol. The number of fused-ring (bicyclic) bond motifs is 1. The molecule has 4 heteroatoms. The number of amides is 1. The summed E-state index contributed by atoms with van der Waals surface area (Å²) in [6, 6.07) is 15.3. The fourth-order valence-electron chi connectivity index (χ4n) is 2.11. The van der Waals surface area contributed by atoms with E-state index in [-0.39, 0.29) is 5.91 Å². The zero-order valence-corrected chi connectivity index (χ0v) is 10.7. The Morgan fingerprint density at radius 2 is 1.85 bits per heavy atom. The maximum Gasteiger partial charge on any atom is 0.257 e. The van der Waals surface area contributed by atoms with Gasteiger partial charge in [-0.15, -0.1) is 0 Å². The molecule has 1 heterocycles. The van der Waals surface area contributed by atoms with Crippen LogP contribution in [0.15, 0.2) is 60.9 Å². The van der Waals surface area contributed by atoms with Crippen molar-refractivity contribution in [2.24, 2.45) is 0 Å². The SMILES string of the molecule is Nc1cncc(C(=O)Nc2cccc3ccccc23)c1. The Kier molecular flexibility index (Phi) is 3.05. The number of pyridine rings is 1. The number of rotatable bonds is 2. The summed E-state index contributed by atoms with van der Waals surface area (Å²) in [6.07, 6.45) is 3.01. The maximum absolute atomic E-state index is 12.2.